The number of nitrogens with zero attached hydrogens (tertiary/aromatic N) is 5. The van der Waals surface area contributed by atoms with E-state index in [4.69, 9.17) is 38.4 Å². The molecule has 14 nitrogen and oxygen atoms in total. The number of nitrogens with two attached hydrogens (primary N) is 1. The van der Waals surface area contributed by atoms with E-state index in [2.05, 4.69) is 75.1 Å². The number of benzene rings is 2. The molecular formula is C38H38Br2Cl2F2I2N8O6. The topological polar surface area (TPSA) is 178 Å². The molecule has 6 aliphatic rings. The van der Waals surface area contributed by atoms with E-state index in [0.29, 0.717) is 35.8 Å². The van der Waals surface area contributed by atoms with Crippen LogP contribution in [0.4, 0.5) is 41.1 Å². The molecule has 2 aromatic heterocycles. The molecule has 6 unspecified atom stereocenters. The highest BCUT2D eigenvalue weighted by Crippen LogP contribution is 2.49. The highest BCUT2D eigenvalue weighted by atomic mass is 127. The van der Waals surface area contributed by atoms with Gasteiger partial charge in [0.15, 0.2) is 16.8 Å². The number of nitrogens with one attached hydrogen (secondary N) is 2. The molecule has 6 atom stereocenters. The Balaban J connectivity index is 0.000000182. The lowest BCUT2D eigenvalue weighted by molar-refractivity contribution is -0.384. The van der Waals surface area contributed by atoms with Crippen molar-refractivity contribution in [3.63, 3.8) is 0 Å². The lowest BCUT2D eigenvalue weighted by atomic mass is 9.79. The van der Waals surface area contributed by atoms with E-state index < -0.39 is 44.7 Å². The van der Waals surface area contributed by atoms with Crippen molar-refractivity contribution in [1.29, 1.82) is 0 Å². The molecule has 4 N–H and O–H groups in total. The summed E-state index contributed by atoms with van der Waals surface area (Å²) in [5, 5.41) is 18.9. The Morgan fingerprint density at radius 2 is 1.23 bits per heavy atom. The third kappa shape index (κ3) is 8.46. The van der Waals surface area contributed by atoms with Crippen molar-refractivity contribution in [2.45, 2.75) is 89.8 Å². The molecular weight excluding hydrogens is 1190 g/mol. The van der Waals surface area contributed by atoms with Gasteiger partial charge in [-0.15, -0.1) is 0 Å². The standard InChI is InChI=1S/C19H18BrClFIN4O4.C19H20BrClFIN4O2/c1-19(2,3)31-18(28)26-6-7-4-10(26)13(7)24-15-8-5-9(23)11(20)12(22)14(8)25-17(21)16(15)27(29)30;1-19(2,3)29-18(28)27-6-7-4-10(27)14(7)25-16-8-5-9(23)11(20)12(22)15(8)26-17(21)13(16)24/h5,7,10,13H,4,6H2,1-3H3,(H,24,25);5,7,10,14H,4,6,24H2,1-3H3,(H,25,26). The summed E-state index contributed by atoms with van der Waals surface area (Å²) < 4.78 is 42.4. The number of hydrogen-bond acceptors (Lipinski definition) is 11. The fourth-order valence-electron chi connectivity index (χ4n) is 8.09. The van der Waals surface area contributed by atoms with Crippen LogP contribution in [0.1, 0.15) is 54.4 Å². The molecule has 2 saturated carbocycles. The second-order valence-corrected chi connectivity index (χ2v) is 21.7. The summed E-state index contributed by atoms with van der Waals surface area (Å²) in [6.07, 6.45) is 0.926. The van der Waals surface area contributed by atoms with Gasteiger partial charge in [-0.3, -0.25) is 10.1 Å². The summed E-state index contributed by atoms with van der Waals surface area (Å²) in [6.45, 7) is 12.0. The van der Waals surface area contributed by atoms with Crippen LogP contribution in [-0.4, -0.2) is 85.3 Å². The first-order chi connectivity index (χ1) is 27.9. The number of fused-ring (bicyclic) bond motifs is 4. The van der Waals surface area contributed by atoms with Crippen LogP contribution in [0, 0.1) is 40.7 Å². The van der Waals surface area contributed by atoms with E-state index >= 15 is 0 Å². The van der Waals surface area contributed by atoms with Crippen LogP contribution in [0.25, 0.3) is 21.8 Å². The van der Waals surface area contributed by atoms with Crippen LogP contribution in [0.5, 0.6) is 0 Å². The molecule has 2 aromatic carbocycles. The second kappa shape index (κ2) is 16.5. The number of ether oxygens (including phenoxy) is 2. The summed E-state index contributed by atoms with van der Waals surface area (Å²) >= 11 is 22.7. The minimum absolute atomic E-state index is 0.00384. The van der Waals surface area contributed by atoms with Crippen molar-refractivity contribution < 1.29 is 32.8 Å². The van der Waals surface area contributed by atoms with E-state index in [0.717, 1.165) is 12.8 Å². The van der Waals surface area contributed by atoms with Crippen LogP contribution in [0.3, 0.4) is 0 Å². The maximum Gasteiger partial charge on any atom is 0.410 e. The minimum atomic E-state index is -0.645. The summed E-state index contributed by atoms with van der Waals surface area (Å²) in [7, 11) is 0. The van der Waals surface area contributed by atoms with Crippen LogP contribution in [0.15, 0.2) is 21.1 Å². The SMILES string of the molecule is CC(C)(C)OC(=O)N1CC2CC1C2Nc1c(N)c(Cl)nc2c(F)c(Br)c(I)cc12.CC(C)(C)OC(=O)N1CC2CC1C2Nc1c([N+](=O)[O-])c(Cl)nc2c(F)c(Br)c(I)cc12. The second-order valence-electron chi connectivity index (χ2n) is 17.1. The number of amides is 2. The predicted molar refractivity (Wildman–Crippen MR) is 250 cm³/mol. The van der Waals surface area contributed by atoms with E-state index in [9.17, 15) is 28.5 Å². The third-order valence-corrected chi connectivity index (χ3v) is 16.1. The van der Waals surface area contributed by atoms with Crippen molar-refractivity contribution in [3.05, 3.63) is 60.3 Å². The minimum Gasteiger partial charge on any atom is -0.444 e. The van der Waals surface area contributed by atoms with Gasteiger partial charge in [-0.2, -0.15) is 0 Å². The van der Waals surface area contributed by atoms with Gasteiger partial charge in [0.25, 0.3) is 0 Å². The molecule has 10 rings (SSSR count). The van der Waals surface area contributed by atoms with Gasteiger partial charge < -0.3 is 35.6 Å². The lowest BCUT2D eigenvalue weighted by Gasteiger charge is -2.38. The van der Waals surface area contributed by atoms with Crippen LogP contribution < -0.4 is 16.4 Å². The number of nitro groups is 1. The van der Waals surface area contributed by atoms with Gasteiger partial charge in [0.2, 0.25) is 5.15 Å². The third-order valence-electron chi connectivity index (χ3n) is 10.8. The number of anilines is 3. The molecule has 2 aliphatic carbocycles. The van der Waals surface area contributed by atoms with E-state index in [1.807, 2.05) is 49.4 Å². The molecule has 6 heterocycles. The average Bonchev–Trinajstić information content (AvgIpc) is 3.93. The van der Waals surface area contributed by atoms with Crippen LogP contribution >= 0.6 is 100 Å². The fourth-order valence-corrected chi connectivity index (χ4v) is 10.2. The molecule has 4 aromatic rings. The molecule has 0 radical (unpaired) electrons. The van der Waals surface area contributed by atoms with E-state index in [1.165, 1.54) is 0 Å². The van der Waals surface area contributed by atoms with E-state index in [-0.39, 0.29) is 79.5 Å². The molecule has 60 heavy (non-hydrogen) atoms. The summed E-state index contributed by atoms with van der Waals surface area (Å²) in [5.74, 6) is -0.760. The predicted octanol–water partition coefficient (Wildman–Crippen LogP) is 11.1. The summed E-state index contributed by atoms with van der Waals surface area (Å²) in [5.41, 5.74) is 5.63. The molecule has 22 heteroatoms. The molecule has 4 aliphatic heterocycles. The quantitative estimate of drug-likeness (QED) is 0.0569. The van der Waals surface area contributed by atoms with Gasteiger partial charge in [0, 0.05) is 42.8 Å². The Hall–Kier alpha value is -2.54. The first kappa shape index (κ1) is 45.5. The van der Waals surface area contributed by atoms with Gasteiger partial charge in [0.05, 0.1) is 49.4 Å². The Morgan fingerprint density at radius 1 is 0.833 bits per heavy atom. The summed E-state index contributed by atoms with van der Waals surface area (Å²) in [4.78, 5) is 47.7. The average molecular weight is 1230 g/mol. The number of halogens is 8. The Labute approximate surface area is 397 Å². The van der Waals surface area contributed by atoms with Gasteiger partial charge >= 0.3 is 17.9 Å². The van der Waals surface area contributed by atoms with E-state index in [1.54, 1.807) is 36.6 Å². The zero-order valence-corrected chi connectivity index (χ0v) is 41.7. The highest BCUT2D eigenvalue weighted by molar-refractivity contribution is 14.1. The number of carbonyl (C=O) groups is 2. The smallest absolute Gasteiger partial charge is 0.410 e. The van der Waals surface area contributed by atoms with Crippen molar-refractivity contribution in [3.8, 4) is 0 Å². The number of nitrogen functional groups attached to an aromatic ring is 1. The zero-order chi connectivity index (χ0) is 44.1. The Morgan fingerprint density at radius 3 is 1.65 bits per heavy atom. The van der Waals surface area contributed by atoms with Gasteiger partial charge in [-0.25, -0.2) is 28.3 Å². The monoisotopic (exact) mass is 1220 g/mol. The molecule has 2 amide bonds. The fraction of sp³-hybridized carbons (Fsp3) is 0.474. The van der Waals surface area contributed by atoms with Crippen molar-refractivity contribution >= 4 is 157 Å². The van der Waals surface area contributed by atoms with Crippen molar-refractivity contribution in [1.82, 2.24) is 19.8 Å². The van der Waals surface area contributed by atoms with Gasteiger partial charge in [-0.05, 0) is 144 Å². The Kier molecular flexibility index (Phi) is 12.5. The first-order valence-corrected chi connectivity index (χ1v) is 23.1. The molecule has 4 saturated heterocycles. The molecule has 322 valence electrons. The van der Waals surface area contributed by atoms with Crippen molar-refractivity contribution in [2.24, 2.45) is 11.8 Å². The van der Waals surface area contributed by atoms with Gasteiger partial charge in [-0.1, -0.05) is 23.2 Å². The highest BCUT2D eigenvalue weighted by Gasteiger charge is 2.56. The zero-order valence-electron chi connectivity index (χ0n) is 32.7. The normalized spacial score (nSPS) is 22.8. The number of rotatable bonds is 5. The number of hydrogen-bond donors (Lipinski definition) is 3. The number of carbonyl (C=O) groups excluding carboxylic acids is 2. The summed E-state index contributed by atoms with van der Waals surface area (Å²) in [6, 6.07) is 3.01. The van der Waals surface area contributed by atoms with Crippen LogP contribution in [0.2, 0.25) is 10.3 Å². The first-order valence-electron chi connectivity index (χ1n) is 18.6. The maximum absolute atomic E-state index is 14.8. The molecule has 0 spiro atoms. The number of pyridine rings is 2. The molecule has 6 fully saturated rings. The van der Waals surface area contributed by atoms with Crippen molar-refractivity contribution in [2.75, 3.05) is 29.5 Å². The van der Waals surface area contributed by atoms with Crippen LogP contribution in [-0.2, 0) is 9.47 Å². The molecule has 4 bridgehead atoms. The van der Waals surface area contributed by atoms with Gasteiger partial charge in [0.1, 0.15) is 27.9 Å². The lowest BCUT2D eigenvalue weighted by Crippen LogP contribution is -2.50. The maximum atomic E-state index is 14.8. The Bertz CT molecular complexity index is 2500. The number of aromatic nitrogens is 2. The largest absolute Gasteiger partial charge is 0.444 e.